The maximum atomic E-state index is 8.55. The first-order chi connectivity index (χ1) is 6.00. The molecule has 0 atom stereocenters. The Morgan fingerprint density at radius 3 is 0.632 bits per heavy atom. The summed E-state index contributed by atoms with van der Waals surface area (Å²) in [6.45, 7) is 0. The third-order valence-corrected chi connectivity index (χ3v) is 0. The second-order valence-electron chi connectivity index (χ2n) is 1.30. The maximum Gasteiger partial charge on any atom is 2.00 e. The summed E-state index contributed by atoms with van der Waals surface area (Å²) in [5, 5.41) is 0. The quantitative estimate of drug-likeness (QED) is 0.0973. The molecule has 0 aromatic carbocycles. The normalized spacial score (nSPS) is 9.26. The summed E-state index contributed by atoms with van der Waals surface area (Å²) in [4.78, 5) is 51.3. The third kappa shape index (κ3) is 319. The minimum atomic E-state index is -5.39. The molecule has 0 aromatic heterocycles. The zero-order chi connectivity index (χ0) is 13.5. The van der Waals surface area contributed by atoms with E-state index in [9.17, 15) is 0 Å². The van der Waals surface area contributed by atoms with Crippen LogP contribution in [0.25, 0.3) is 0 Å². The van der Waals surface area contributed by atoms with Gasteiger partial charge in [0.25, 0.3) is 0 Å². The molecule has 0 bridgehead atoms. The molecule has 0 rings (SSSR count). The molecule has 0 heterocycles. The van der Waals surface area contributed by atoms with Crippen LogP contribution in [0.3, 0.4) is 0 Å². The summed E-state index contributed by atoms with van der Waals surface area (Å²) in [6, 6.07) is 0. The van der Waals surface area contributed by atoms with Crippen molar-refractivity contribution in [3.63, 3.8) is 0 Å². The van der Waals surface area contributed by atoms with Crippen LogP contribution in [-0.4, -0.2) is 202 Å². The van der Waals surface area contributed by atoms with Gasteiger partial charge < -0.3 is 47.6 Å². The number of rotatable bonds is 0. The Morgan fingerprint density at radius 1 is 0.632 bits per heavy atom. The SMILES string of the molecule is O=P([O-])([O-])[O-].O=P([O-])([O-])[O-].O=S(=O)([O-])[O-].[Ba+2].[Ba+2].[Ba+2].[Ca+2]. The minimum Gasteiger partial charge on any atom is -0.822 e. The Hall–Kier alpha value is 6.06. The van der Waals surface area contributed by atoms with E-state index in [4.69, 9.17) is 56.0 Å². The summed E-state index contributed by atoms with van der Waals surface area (Å²) >= 11 is 0. The Morgan fingerprint density at radius 2 is 0.632 bits per heavy atom. The van der Waals surface area contributed by atoms with Gasteiger partial charge in [-0.05, 0) is 0 Å². The van der Waals surface area contributed by atoms with Gasteiger partial charge in [0.2, 0.25) is 0 Å². The van der Waals surface area contributed by atoms with E-state index < -0.39 is 26.0 Å². The zero-order valence-corrected chi connectivity index (χ0v) is 27.2. The van der Waals surface area contributed by atoms with Crippen molar-refractivity contribution in [3.8, 4) is 0 Å². The van der Waals surface area contributed by atoms with Crippen LogP contribution in [-0.2, 0) is 19.5 Å². The molecule has 0 aliphatic heterocycles. The largest absolute Gasteiger partial charge is 2.00 e. The molecule has 0 fully saturated rings. The molecule has 0 aromatic rings. The summed E-state index contributed by atoms with van der Waals surface area (Å²) in [6.07, 6.45) is 0. The molecule has 0 aliphatic rings. The van der Waals surface area contributed by atoms with Crippen LogP contribution < -0.4 is 29.4 Å². The summed E-state index contributed by atoms with van der Waals surface area (Å²) < 4.78 is 51.2. The first-order valence-electron chi connectivity index (χ1n) is 2.13. The van der Waals surface area contributed by atoms with E-state index in [0.29, 0.717) is 0 Å². The van der Waals surface area contributed by atoms with E-state index in [2.05, 4.69) is 0 Å². The van der Waals surface area contributed by atoms with Crippen molar-refractivity contribution in [1.29, 1.82) is 0 Å². The first kappa shape index (κ1) is 44.5. The van der Waals surface area contributed by atoms with Crippen LogP contribution >= 0.6 is 15.6 Å². The van der Waals surface area contributed by atoms with Gasteiger partial charge in [0.15, 0.2) is 0 Å². The molecule has 0 saturated heterocycles. The average Bonchev–Trinajstić information content (AvgIpc) is 1.41. The molecule has 96 valence electrons. The summed E-state index contributed by atoms with van der Waals surface area (Å²) in [5.41, 5.74) is 0. The average molecular weight is 738 g/mol. The van der Waals surface area contributed by atoms with Crippen LogP contribution in [0.1, 0.15) is 0 Å². The van der Waals surface area contributed by atoms with E-state index in [1.54, 1.807) is 0 Å². The van der Waals surface area contributed by atoms with Crippen molar-refractivity contribution in [2.45, 2.75) is 0 Å². The van der Waals surface area contributed by atoms with Crippen LogP contribution in [0.4, 0.5) is 0 Å². The van der Waals surface area contributed by atoms with Gasteiger partial charge in [0.1, 0.15) is 0 Å². The molecule has 19 heavy (non-hydrogen) atoms. The summed E-state index contributed by atoms with van der Waals surface area (Å²) in [7, 11) is -15.9. The standard InChI is InChI=1S/3Ba.Ca.2H3O4P.H2O4S/c;;;;3*1-5(2,3)4/h;;;;2*(H3,1,2,3,4);(H2,1,2,3,4)/q4*+2;;;/p-8. The van der Waals surface area contributed by atoms with Gasteiger partial charge >= 0.3 is 184 Å². The first-order valence-corrected chi connectivity index (χ1v) is 6.38. The maximum absolute atomic E-state index is 8.55. The summed E-state index contributed by atoms with van der Waals surface area (Å²) in [5.74, 6) is 0. The smallest absolute Gasteiger partial charge is 0.822 e. The van der Waals surface area contributed by atoms with Gasteiger partial charge in [0.05, 0.1) is 0 Å². The van der Waals surface area contributed by atoms with Crippen molar-refractivity contribution in [2.75, 3.05) is 0 Å². The van der Waals surface area contributed by atoms with Crippen molar-refractivity contribution in [1.82, 2.24) is 0 Å². The van der Waals surface area contributed by atoms with E-state index >= 15 is 0 Å². The molecule has 0 saturated carbocycles. The van der Waals surface area contributed by atoms with Crippen molar-refractivity contribution in [3.05, 3.63) is 0 Å². The van der Waals surface area contributed by atoms with Crippen LogP contribution in [0, 0.1) is 0 Å². The second-order valence-corrected chi connectivity index (χ2v) is 3.91. The molecular formula is Ba3CaO12P2S. The molecule has 0 unspecified atom stereocenters. The number of hydrogen-bond acceptors (Lipinski definition) is 12. The minimum absolute atomic E-state index is 0. The second kappa shape index (κ2) is 22.1. The molecule has 0 aliphatic carbocycles. The van der Waals surface area contributed by atoms with Gasteiger partial charge in [-0.1, -0.05) is 0 Å². The fraction of sp³-hybridized carbons (Fsp3) is 0. The Kier molecular flexibility index (Phi) is 51.7. The molecule has 0 N–H and O–H groups in total. The van der Waals surface area contributed by atoms with E-state index in [-0.39, 0.29) is 184 Å². The zero-order valence-electron chi connectivity index (χ0n) is 9.03. The number of phosphoric acid groups is 2. The molecule has 0 radical (unpaired) electrons. The Bertz CT molecular complexity index is 295. The van der Waals surface area contributed by atoms with E-state index in [1.807, 2.05) is 0 Å². The van der Waals surface area contributed by atoms with Crippen LogP contribution in [0.15, 0.2) is 0 Å². The molecule has 12 nitrogen and oxygen atoms in total. The predicted molar refractivity (Wildman–Crippen MR) is 48.7 cm³/mol. The van der Waals surface area contributed by atoms with Gasteiger partial charge in [-0.15, -0.1) is 0 Å². The van der Waals surface area contributed by atoms with Crippen LogP contribution in [0.5, 0.6) is 0 Å². The van der Waals surface area contributed by atoms with E-state index in [0.717, 1.165) is 0 Å². The predicted octanol–water partition coefficient (Wildman–Crippen LogP) is -8.51. The molecule has 0 amide bonds. The monoisotopic (exact) mass is 740 g/mol. The molecule has 0 spiro atoms. The molecular weight excluding hydrogens is 738 g/mol. The Labute approximate surface area is 259 Å². The third-order valence-electron chi connectivity index (χ3n) is 0. The van der Waals surface area contributed by atoms with Crippen molar-refractivity contribution >= 4 is 210 Å². The van der Waals surface area contributed by atoms with Gasteiger partial charge in [-0.25, -0.2) is 0 Å². The fourth-order valence-electron chi connectivity index (χ4n) is 0. The number of hydrogen-bond donors (Lipinski definition) is 0. The molecule has 19 heteroatoms. The fourth-order valence-corrected chi connectivity index (χ4v) is 0. The van der Waals surface area contributed by atoms with Crippen LogP contribution in [0.2, 0.25) is 0 Å². The van der Waals surface area contributed by atoms with Gasteiger partial charge in [-0.3, -0.25) is 8.42 Å². The van der Waals surface area contributed by atoms with Crippen molar-refractivity contribution in [2.24, 2.45) is 0 Å². The van der Waals surface area contributed by atoms with Gasteiger partial charge in [-0.2, -0.15) is 15.6 Å². The Balaban J connectivity index is -0.0000000206. The van der Waals surface area contributed by atoms with E-state index in [1.165, 1.54) is 0 Å². The topological polar surface area (TPSA) is 253 Å². The van der Waals surface area contributed by atoms with Gasteiger partial charge in [0, 0.05) is 10.4 Å². The van der Waals surface area contributed by atoms with Crippen molar-refractivity contribution < 1.29 is 56.0 Å².